The van der Waals surface area contributed by atoms with Gasteiger partial charge in [0.15, 0.2) is 11.5 Å². The van der Waals surface area contributed by atoms with Crippen LogP contribution in [0.25, 0.3) is 0 Å². The number of sulfonamides is 1. The molecule has 0 aliphatic rings. The SMILES string of the molecule is COc1ccc(CNC(=O)c2cccc(S(=O)(=O)NC(C)(C)C)c2)cc1OC. The molecule has 0 aliphatic carbocycles. The van der Waals surface area contributed by atoms with E-state index in [-0.39, 0.29) is 22.9 Å². The van der Waals surface area contributed by atoms with Crippen molar-refractivity contribution in [2.75, 3.05) is 14.2 Å². The number of nitrogens with one attached hydrogen (secondary N) is 2. The second kappa shape index (κ2) is 8.62. The summed E-state index contributed by atoms with van der Waals surface area (Å²) >= 11 is 0. The molecule has 2 rings (SSSR count). The molecule has 0 saturated carbocycles. The van der Waals surface area contributed by atoms with Crippen molar-refractivity contribution in [1.29, 1.82) is 0 Å². The zero-order valence-electron chi connectivity index (χ0n) is 16.7. The lowest BCUT2D eigenvalue weighted by molar-refractivity contribution is 0.0950. The Bertz CT molecular complexity index is 949. The van der Waals surface area contributed by atoms with Crippen LogP contribution in [-0.4, -0.2) is 34.1 Å². The smallest absolute Gasteiger partial charge is 0.251 e. The Morgan fingerprint density at radius 3 is 2.29 bits per heavy atom. The van der Waals surface area contributed by atoms with Gasteiger partial charge in [-0.1, -0.05) is 12.1 Å². The Hall–Kier alpha value is -2.58. The number of carbonyl (C=O) groups is 1. The number of amides is 1. The van der Waals surface area contributed by atoms with Crippen molar-refractivity contribution in [3.05, 3.63) is 53.6 Å². The van der Waals surface area contributed by atoms with Crippen molar-refractivity contribution in [2.24, 2.45) is 0 Å². The number of benzene rings is 2. The van der Waals surface area contributed by atoms with Gasteiger partial charge in [-0.25, -0.2) is 13.1 Å². The van der Waals surface area contributed by atoms with Gasteiger partial charge in [-0.2, -0.15) is 0 Å². The van der Waals surface area contributed by atoms with Crippen LogP contribution in [0.1, 0.15) is 36.7 Å². The summed E-state index contributed by atoms with van der Waals surface area (Å²) in [5.74, 6) is 0.792. The highest BCUT2D eigenvalue weighted by Crippen LogP contribution is 2.27. The van der Waals surface area contributed by atoms with Gasteiger partial charge < -0.3 is 14.8 Å². The molecule has 152 valence electrons. The van der Waals surface area contributed by atoms with Crippen molar-refractivity contribution in [3.63, 3.8) is 0 Å². The summed E-state index contributed by atoms with van der Waals surface area (Å²) in [7, 11) is -0.628. The Balaban J connectivity index is 2.13. The van der Waals surface area contributed by atoms with E-state index in [0.717, 1.165) is 5.56 Å². The maximum absolute atomic E-state index is 12.5. The van der Waals surface area contributed by atoms with Gasteiger partial charge in [-0.05, 0) is 56.7 Å². The third-order valence-electron chi connectivity index (χ3n) is 3.75. The van der Waals surface area contributed by atoms with E-state index < -0.39 is 15.6 Å². The molecule has 0 atom stereocenters. The molecule has 2 aromatic rings. The first-order chi connectivity index (χ1) is 13.1. The molecule has 0 heterocycles. The second-order valence-electron chi connectivity index (χ2n) is 7.26. The van der Waals surface area contributed by atoms with Crippen LogP contribution in [-0.2, 0) is 16.6 Å². The molecule has 2 aromatic carbocycles. The highest BCUT2D eigenvalue weighted by Gasteiger charge is 2.22. The summed E-state index contributed by atoms with van der Waals surface area (Å²) in [4.78, 5) is 12.5. The second-order valence-corrected chi connectivity index (χ2v) is 8.94. The van der Waals surface area contributed by atoms with Crippen LogP contribution in [0.3, 0.4) is 0 Å². The lowest BCUT2D eigenvalue weighted by Crippen LogP contribution is -2.40. The van der Waals surface area contributed by atoms with Crippen molar-refractivity contribution >= 4 is 15.9 Å². The maximum atomic E-state index is 12.5. The highest BCUT2D eigenvalue weighted by atomic mass is 32.2. The van der Waals surface area contributed by atoms with E-state index in [1.165, 1.54) is 19.2 Å². The summed E-state index contributed by atoms with van der Waals surface area (Å²) in [6.07, 6.45) is 0. The van der Waals surface area contributed by atoms with E-state index in [9.17, 15) is 13.2 Å². The highest BCUT2D eigenvalue weighted by molar-refractivity contribution is 7.89. The van der Waals surface area contributed by atoms with Crippen molar-refractivity contribution < 1.29 is 22.7 Å². The standard InChI is InChI=1S/C20H26N2O5S/c1-20(2,3)22-28(24,25)16-8-6-7-15(12-16)19(23)21-13-14-9-10-17(26-4)18(11-14)27-5/h6-12,22H,13H2,1-5H3,(H,21,23). The lowest BCUT2D eigenvalue weighted by atomic mass is 10.1. The molecule has 1 amide bonds. The molecule has 0 fully saturated rings. The number of ether oxygens (including phenoxy) is 2. The normalized spacial score (nSPS) is 11.8. The van der Waals surface area contributed by atoms with E-state index in [1.807, 2.05) is 6.07 Å². The van der Waals surface area contributed by atoms with Gasteiger partial charge in [0, 0.05) is 17.6 Å². The van der Waals surface area contributed by atoms with E-state index in [4.69, 9.17) is 9.47 Å². The molecule has 0 bridgehead atoms. The van der Waals surface area contributed by atoms with Crippen LogP contribution in [0.5, 0.6) is 11.5 Å². The lowest BCUT2D eigenvalue weighted by Gasteiger charge is -2.20. The molecule has 7 nitrogen and oxygen atoms in total. The molecule has 28 heavy (non-hydrogen) atoms. The van der Waals surface area contributed by atoms with Crippen LogP contribution in [0.2, 0.25) is 0 Å². The molecular weight excluding hydrogens is 380 g/mol. The average Bonchev–Trinajstić information content (AvgIpc) is 2.64. The Kier molecular flexibility index (Phi) is 6.69. The van der Waals surface area contributed by atoms with Crippen LogP contribution < -0.4 is 19.5 Å². The van der Waals surface area contributed by atoms with E-state index in [1.54, 1.807) is 52.1 Å². The minimum absolute atomic E-state index is 0.0428. The zero-order chi connectivity index (χ0) is 20.9. The number of carbonyl (C=O) groups excluding carboxylic acids is 1. The molecule has 0 aliphatic heterocycles. The summed E-state index contributed by atoms with van der Waals surface area (Å²) in [5, 5.41) is 2.78. The van der Waals surface area contributed by atoms with Gasteiger partial charge in [0.2, 0.25) is 10.0 Å². The van der Waals surface area contributed by atoms with Crippen molar-refractivity contribution in [3.8, 4) is 11.5 Å². The molecule has 0 unspecified atom stereocenters. The zero-order valence-corrected chi connectivity index (χ0v) is 17.5. The average molecular weight is 407 g/mol. The van der Waals surface area contributed by atoms with Crippen LogP contribution in [0.15, 0.2) is 47.4 Å². The largest absolute Gasteiger partial charge is 0.493 e. The van der Waals surface area contributed by atoms with Gasteiger partial charge >= 0.3 is 0 Å². The summed E-state index contributed by atoms with van der Waals surface area (Å²) in [6, 6.07) is 11.3. The molecule has 0 radical (unpaired) electrons. The number of hydrogen-bond donors (Lipinski definition) is 2. The summed E-state index contributed by atoms with van der Waals surface area (Å²) in [6.45, 7) is 5.52. The minimum Gasteiger partial charge on any atom is -0.493 e. The van der Waals surface area contributed by atoms with Crippen LogP contribution in [0.4, 0.5) is 0 Å². The quantitative estimate of drug-likeness (QED) is 0.737. The van der Waals surface area contributed by atoms with Gasteiger partial charge in [-0.15, -0.1) is 0 Å². The van der Waals surface area contributed by atoms with Crippen LogP contribution >= 0.6 is 0 Å². The predicted octanol–water partition coefficient (Wildman–Crippen LogP) is 2.71. The predicted molar refractivity (Wildman–Crippen MR) is 107 cm³/mol. The fraction of sp³-hybridized carbons (Fsp3) is 0.350. The first-order valence-electron chi connectivity index (χ1n) is 8.69. The van der Waals surface area contributed by atoms with Crippen molar-refractivity contribution in [2.45, 2.75) is 37.8 Å². The molecule has 0 aromatic heterocycles. The van der Waals surface area contributed by atoms with Gasteiger partial charge in [0.05, 0.1) is 19.1 Å². The van der Waals surface area contributed by atoms with Gasteiger partial charge in [-0.3, -0.25) is 4.79 Å². The third-order valence-corrected chi connectivity index (χ3v) is 5.50. The Morgan fingerprint density at radius 1 is 1.00 bits per heavy atom. The van der Waals surface area contributed by atoms with E-state index >= 15 is 0 Å². The summed E-state index contributed by atoms with van der Waals surface area (Å²) in [5.41, 5.74) is 0.464. The van der Waals surface area contributed by atoms with Crippen LogP contribution in [0, 0.1) is 0 Å². The molecule has 2 N–H and O–H groups in total. The fourth-order valence-electron chi connectivity index (χ4n) is 2.54. The monoisotopic (exact) mass is 406 g/mol. The van der Waals surface area contributed by atoms with E-state index in [2.05, 4.69) is 10.0 Å². The fourth-order valence-corrected chi connectivity index (χ4v) is 4.01. The Labute approximate surface area is 166 Å². The molecular formula is C20H26N2O5S. The molecule has 8 heteroatoms. The van der Waals surface area contributed by atoms with Crippen molar-refractivity contribution in [1.82, 2.24) is 10.0 Å². The maximum Gasteiger partial charge on any atom is 0.251 e. The van der Waals surface area contributed by atoms with E-state index in [0.29, 0.717) is 11.5 Å². The number of hydrogen-bond acceptors (Lipinski definition) is 5. The number of methoxy groups -OCH3 is 2. The summed E-state index contributed by atoms with van der Waals surface area (Å²) < 4.78 is 37.9. The first kappa shape index (κ1) is 21.7. The topological polar surface area (TPSA) is 93.7 Å². The van der Waals surface area contributed by atoms with Gasteiger partial charge in [0.1, 0.15) is 0 Å². The first-order valence-corrected chi connectivity index (χ1v) is 10.2. The minimum atomic E-state index is -3.72. The third kappa shape index (κ3) is 5.71. The van der Waals surface area contributed by atoms with Gasteiger partial charge in [0.25, 0.3) is 5.91 Å². The number of rotatable bonds is 7. The molecule has 0 spiro atoms. The molecule has 0 saturated heterocycles. The Morgan fingerprint density at radius 2 is 1.68 bits per heavy atom.